The van der Waals surface area contributed by atoms with Crippen molar-refractivity contribution in [3.8, 4) is 0 Å². The van der Waals surface area contributed by atoms with Crippen LogP contribution in [0.4, 0.5) is 0 Å². The van der Waals surface area contributed by atoms with Crippen LogP contribution in [-0.4, -0.2) is 63.2 Å². The third-order valence-corrected chi connectivity index (χ3v) is 5.54. The minimum absolute atomic E-state index is 0.790. The minimum Gasteiger partial charge on any atom is -0.481 e. The number of hydroxylamine groups is 2. The number of carbonyl (C=O) groups is 3. The molecule has 1 heterocycles. The molecule has 0 atom stereocenters. The van der Waals surface area contributed by atoms with E-state index in [1.807, 2.05) is 0 Å². The zero-order chi connectivity index (χ0) is 16.5. The lowest BCUT2D eigenvalue weighted by Crippen LogP contribution is -2.51. The summed E-state index contributed by atoms with van der Waals surface area (Å²) in [5.74, 6) is -4.57. The van der Waals surface area contributed by atoms with Gasteiger partial charge in [0.25, 0.3) is 38.0 Å². The van der Waals surface area contributed by atoms with Gasteiger partial charge in [-0.1, -0.05) is 0 Å². The molecule has 116 valence electrons. The Bertz CT molecular complexity index is 608. The lowest BCUT2D eigenvalue weighted by Gasteiger charge is -2.17. The standard InChI is InChI=1S/C4H5NO9S2.C2H4O2/c6-2-1-4(15(9,10)11,16(12,13)14)3(7)5(2)8;1-2(3)4/h8H,1H2,(H,9,10,11)(H,12,13,14);1H3,(H,3,4). The SMILES string of the molecule is CC(=O)O.O=C1CC(S(=O)(=O)O)(S(=O)(=O)O)C(=O)N1O. The highest BCUT2D eigenvalue weighted by atomic mass is 32.3. The first-order valence-corrected chi connectivity index (χ1v) is 7.26. The maximum atomic E-state index is 11.1. The molecule has 1 saturated heterocycles. The molecule has 14 heteroatoms. The molecule has 1 aliphatic rings. The van der Waals surface area contributed by atoms with Crippen LogP contribution in [0.5, 0.6) is 0 Å². The Morgan fingerprint density at radius 3 is 1.55 bits per heavy atom. The second-order valence-corrected chi connectivity index (χ2v) is 6.96. The lowest BCUT2D eigenvalue weighted by molar-refractivity contribution is -0.171. The number of aliphatic carboxylic acids is 1. The smallest absolute Gasteiger partial charge is 0.310 e. The average molecular weight is 335 g/mol. The van der Waals surface area contributed by atoms with Crippen molar-refractivity contribution in [1.82, 2.24) is 5.06 Å². The molecule has 4 N–H and O–H groups in total. The van der Waals surface area contributed by atoms with E-state index in [1.165, 1.54) is 0 Å². The van der Waals surface area contributed by atoms with Gasteiger partial charge in [-0.25, -0.2) is 0 Å². The number of nitrogens with zero attached hydrogens (tertiary/aromatic N) is 1. The third-order valence-electron chi connectivity index (χ3n) is 1.97. The molecule has 2 amide bonds. The van der Waals surface area contributed by atoms with E-state index in [1.54, 1.807) is 0 Å². The van der Waals surface area contributed by atoms with Crippen LogP contribution in [0.3, 0.4) is 0 Å². The first-order valence-electron chi connectivity index (χ1n) is 4.38. The normalized spacial score (nSPS) is 18.5. The molecular formula is C6H9NO11S2. The summed E-state index contributed by atoms with van der Waals surface area (Å²) in [4.78, 5) is 30.9. The molecule has 1 rings (SSSR count). The largest absolute Gasteiger partial charge is 0.481 e. The number of rotatable bonds is 2. The summed E-state index contributed by atoms with van der Waals surface area (Å²) in [6.07, 6.45) is -1.60. The molecule has 0 aromatic carbocycles. The highest BCUT2D eigenvalue weighted by Gasteiger charge is 2.69. The Labute approximate surface area is 112 Å². The maximum Gasteiger partial charge on any atom is 0.310 e. The third kappa shape index (κ3) is 3.10. The first kappa shape index (κ1) is 18.4. The number of carbonyl (C=O) groups excluding carboxylic acids is 2. The molecule has 0 saturated carbocycles. The Balaban J connectivity index is 0.000000796. The number of imide groups is 1. The Hall–Kier alpha value is -1.61. The van der Waals surface area contributed by atoms with Gasteiger partial charge in [0.05, 0.1) is 6.42 Å². The molecule has 0 aromatic heterocycles. The van der Waals surface area contributed by atoms with Crippen molar-refractivity contribution >= 4 is 38.0 Å². The summed E-state index contributed by atoms with van der Waals surface area (Å²) in [6.45, 7) is 1.08. The Kier molecular flexibility index (Phi) is 4.97. The van der Waals surface area contributed by atoms with Gasteiger partial charge in [-0.05, 0) is 0 Å². The summed E-state index contributed by atoms with van der Waals surface area (Å²) in [7, 11) is -11.3. The van der Waals surface area contributed by atoms with Gasteiger partial charge in [0.2, 0.25) is 0 Å². The van der Waals surface area contributed by atoms with E-state index in [4.69, 9.17) is 24.2 Å². The van der Waals surface area contributed by atoms with E-state index < -0.39 is 53.6 Å². The fraction of sp³-hybridized carbons (Fsp3) is 0.500. The molecule has 0 unspecified atom stereocenters. The van der Waals surface area contributed by atoms with Crippen LogP contribution in [-0.2, 0) is 34.6 Å². The van der Waals surface area contributed by atoms with Crippen LogP contribution in [0.2, 0.25) is 0 Å². The van der Waals surface area contributed by atoms with Gasteiger partial charge in [-0.2, -0.15) is 21.9 Å². The van der Waals surface area contributed by atoms with Crippen molar-refractivity contribution in [3.63, 3.8) is 0 Å². The summed E-state index contributed by atoms with van der Waals surface area (Å²) < 4.78 is 56.7. The zero-order valence-corrected chi connectivity index (χ0v) is 11.3. The topological polar surface area (TPSA) is 204 Å². The fourth-order valence-corrected chi connectivity index (χ4v) is 3.45. The Morgan fingerprint density at radius 2 is 1.45 bits per heavy atom. The van der Waals surface area contributed by atoms with Crippen molar-refractivity contribution in [2.75, 3.05) is 0 Å². The summed E-state index contributed by atoms with van der Waals surface area (Å²) in [5, 5.41) is 15.3. The lowest BCUT2D eigenvalue weighted by atomic mass is 10.3. The van der Waals surface area contributed by atoms with Gasteiger partial charge < -0.3 is 5.11 Å². The van der Waals surface area contributed by atoms with Gasteiger partial charge in [0.15, 0.2) is 0 Å². The molecule has 12 nitrogen and oxygen atoms in total. The monoisotopic (exact) mass is 335 g/mol. The molecule has 0 spiro atoms. The first-order chi connectivity index (χ1) is 8.68. The van der Waals surface area contributed by atoms with Gasteiger partial charge in [-0.3, -0.25) is 28.7 Å². The average Bonchev–Trinajstić information content (AvgIpc) is 2.40. The number of carboxylic acids is 1. The van der Waals surface area contributed by atoms with E-state index in [9.17, 15) is 26.4 Å². The molecule has 0 radical (unpaired) electrons. The van der Waals surface area contributed by atoms with Crippen molar-refractivity contribution in [3.05, 3.63) is 0 Å². The molecular weight excluding hydrogens is 326 g/mol. The van der Waals surface area contributed by atoms with Crippen LogP contribution in [0.15, 0.2) is 0 Å². The van der Waals surface area contributed by atoms with Crippen molar-refractivity contribution < 1.29 is 50.6 Å². The predicted octanol–water partition coefficient (Wildman–Crippen LogP) is -2.30. The quantitative estimate of drug-likeness (QED) is 0.240. The van der Waals surface area contributed by atoms with E-state index >= 15 is 0 Å². The fourth-order valence-electron chi connectivity index (χ4n) is 1.16. The number of amides is 2. The van der Waals surface area contributed by atoms with E-state index in [-0.39, 0.29) is 0 Å². The van der Waals surface area contributed by atoms with Crippen LogP contribution >= 0.6 is 0 Å². The molecule has 1 aliphatic heterocycles. The highest BCUT2D eigenvalue weighted by molar-refractivity contribution is 8.06. The van der Waals surface area contributed by atoms with Crippen molar-refractivity contribution in [2.24, 2.45) is 0 Å². The van der Waals surface area contributed by atoms with Crippen molar-refractivity contribution in [1.29, 1.82) is 0 Å². The second-order valence-electron chi connectivity index (χ2n) is 3.41. The van der Waals surface area contributed by atoms with Gasteiger partial charge in [0, 0.05) is 6.92 Å². The Morgan fingerprint density at radius 1 is 1.15 bits per heavy atom. The van der Waals surface area contributed by atoms with Crippen molar-refractivity contribution in [2.45, 2.75) is 17.4 Å². The van der Waals surface area contributed by atoms with Crippen LogP contribution in [0.1, 0.15) is 13.3 Å². The number of hydrogen-bond acceptors (Lipinski definition) is 8. The second kappa shape index (κ2) is 5.41. The van der Waals surface area contributed by atoms with E-state index in [2.05, 4.69) is 0 Å². The van der Waals surface area contributed by atoms with Crippen LogP contribution in [0, 0.1) is 0 Å². The predicted molar refractivity (Wildman–Crippen MR) is 57.4 cm³/mol. The number of hydrogen-bond donors (Lipinski definition) is 4. The summed E-state index contributed by atoms with van der Waals surface area (Å²) in [5.41, 5.74) is 0. The number of carboxylic acid groups (broad SMARTS) is 1. The van der Waals surface area contributed by atoms with Crippen LogP contribution < -0.4 is 0 Å². The van der Waals surface area contributed by atoms with Gasteiger partial charge in [0.1, 0.15) is 0 Å². The van der Waals surface area contributed by atoms with Crippen LogP contribution in [0.25, 0.3) is 0 Å². The maximum absolute atomic E-state index is 11.1. The molecule has 0 aliphatic carbocycles. The summed E-state index contributed by atoms with van der Waals surface area (Å²) in [6, 6.07) is 0. The van der Waals surface area contributed by atoms with Gasteiger partial charge >= 0.3 is 4.08 Å². The molecule has 1 fully saturated rings. The molecule has 0 bridgehead atoms. The van der Waals surface area contributed by atoms with E-state index in [0.29, 0.717) is 0 Å². The zero-order valence-electron chi connectivity index (χ0n) is 9.62. The van der Waals surface area contributed by atoms with E-state index in [0.717, 1.165) is 6.92 Å². The summed E-state index contributed by atoms with van der Waals surface area (Å²) >= 11 is 0. The molecule has 20 heavy (non-hydrogen) atoms. The highest BCUT2D eigenvalue weighted by Crippen LogP contribution is 2.35. The minimum atomic E-state index is -5.65. The molecule has 0 aromatic rings. The van der Waals surface area contributed by atoms with Gasteiger partial charge in [-0.15, -0.1) is 0 Å².